The maximum absolute atomic E-state index is 11.2. The van der Waals surface area contributed by atoms with Gasteiger partial charge in [-0.15, -0.1) is 0 Å². The lowest BCUT2D eigenvalue weighted by atomic mass is 10.1. The van der Waals surface area contributed by atoms with Crippen LogP contribution in [0.15, 0.2) is 22.9 Å². The quantitative estimate of drug-likeness (QED) is 0.807. The fraction of sp³-hybridized carbons (Fsp3) is 0.333. The highest BCUT2D eigenvalue weighted by atomic mass is 79.9. The van der Waals surface area contributed by atoms with Gasteiger partial charge >= 0.3 is 0 Å². The van der Waals surface area contributed by atoms with Crippen LogP contribution in [0.3, 0.4) is 0 Å². The van der Waals surface area contributed by atoms with Gasteiger partial charge in [-0.1, -0.05) is 0 Å². The molecule has 1 aromatic rings. The summed E-state index contributed by atoms with van der Waals surface area (Å²) >= 11 is 3.29. The number of methoxy groups -OCH3 is 1. The van der Waals surface area contributed by atoms with Crippen molar-refractivity contribution in [3.8, 4) is 0 Å². The fourth-order valence-corrected chi connectivity index (χ4v) is 1.40. The third-order valence-corrected chi connectivity index (χ3v) is 1.90. The molecule has 0 spiro atoms. The molecule has 0 amide bonds. The van der Waals surface area contributed by atoms with E-state index in [9.17, 15) is 4.79 Å². The molecule has 0 saturated heterocycles. The third-order valence-electron chi connectivity index (χ3n) is 1.47. The molecule has 1 rings (SSSR count). The Morgan fingerprint density at radius 1 is 1.62 bits per heavy atom. The van der Waals surface area contributed by atoms with Gasteiger partial charge in [0.2, 0.25) is 0 Å². The maximum atomic E-state index is 11.2. The first kappa shape index (κ1) is 10.3. The minimum absolute atomic E-state index is 0.0578. The number of halogens is 1. The number of pyridine rings is 1. The molecular formula is C9H10BrNO2. The number of carbonyl (C=O) groups excluding carboxylic acids is 1. The zero-order valence-electron chi connectivity index (χ0n) is 7.29. The SMILES string of the molecule is COCC(=O)Cc1cncc(Br)c1. The second-order valence-electron chi connectivity index (χ2n) is 2.66. The Morgan fingerprint density at radius 3 is 3.00 bits per heavy atom. The fourth-order valence-electron chi connectivity index (χ4n) is 0.992. The molecule has 70 valence electrons. The van der Waals surface area contributed by atoms with Crippen LogP contribution in [0.4, 0.5) is 0 Å². The second kappa shape index (κ2) is 5.09. The molecule has 13 heavy (non-hydrogen) atoms. The molecule has 0 aliphatic carbocycles. The highest BCUT2D eigenvalue weighted by molar-refractivity contribution is 9.10. The van der Waals surface area contributed by atoms with Gasteiger partial charge in [0.25, 0.3) is 0 Å². The summed E-state index contributed by atoms with van der Waals surface area (Å²) in [6.07, 6.45) is 3.74. The van der Waals surface area contributed by atoms with Gasteiger partial charge in [0.05, 0.1) is 0 Å². The van der Waals surface area contributed by atoms with Gasteiger partial charge in [-0.25, -0.2) is 0 Å². The molecule has 0 N–H and O–H groups in total. The van der Waals surface area contributed by atoms with Crippen molar-refractivity contribution in [1.82, 2.24) is 4.98 Å². The lowest BCUT2D eigenvalue weighted by Crippen LogP contribution is -2.09. The van der Waals surface area contributed by atoms with Gasteiger partial charge < -0.3 is 4.74 Å². The molecule has 0 fully saturated rings. The molecule has 0 aliphatic rings. The van der Waals surface area contributed by atoms with Crippen molar-refractivity contribution in [1.29, 1.82) is 0 Å². The highest BCUT2D eigenvalue weighted by Crippen LogP contribution is 2.10. The van der Waals surface area contributed by atoms with E-state index in [4.69, 9.17) is 4.74 Å². The standard InChI is InChI=1S/C9H10BrNO2/c1-13-6-9(12)3-7-2-8(10)5-11-4-7/h2,4-5H,3,6H2,1H3. The lowest BCUT2D eigenvalue weighted by molar-refractivity contribution is -0.121. The van der Waals surface area contributed by atoms with E-state index in [2.05, 4.69) is 20.9 Å². The predicted molar refractivity (Wildman–Crippen MR) is 52.5 cm³/mol. The van der Waals surface area contributed by atoms with Crippen LogP contribution in [0.25, 0.3) is 0 Å². The topological polar surface area (TPSA) is 39.2 Å². The van der Waals surface area contributed by atoms with Crippen molar-refractivity contribution in [2.24, 2.45) is 0 Å². The van der Waals surface area contributed by atoms with E-state index in [1.54, 1.807) is 12.4 Å². The Balaban J connectivity index is 2.58. The van der Waals surface area contributed by atoms with E-state index >= 15 is 0 Å². The Bertz CT molecular complexity index is 301. The number of Topliss-reactive ketones (excluding diaryl/α,β-unsaturated/α-hetero) is 1. The molecule has 0 aliphatic heterocycles. The van der Waals surface area contributed by atoms with Gasteiger partial charge in [0.15, 0.2) is 5.78 Å². The van der Waals surface area contributed by atoms with Crippen LogP contribution in [-0.4, -0.2) is 24.5 Å². The summed E-state index contributed by atoms with van der Waals surface area (Å²) in [6, 6.07) is 1.88. The Morgan fingerprint density at radius 2 is 2.38 bits per heavy atom. The summed E-state index contributed by atoms with van der Waals surface area (Å²) < 4.78 is 5.61. The number of rotatable bonds is 4. The molecular weight excluding hydrogens is 234 g/mol. The molecule has 0 saturated carbocycles. The Labute approximate surface area is 85.3 Å². The zero-order valence-corrected chi connectivity index (χ0v) is 8.87. The van der Waals surface area contributed by atoms with Crippen molar-refractivity contribution >= 4 is 21.7 Å². The lowest BCUT2D eigenvalue weighted by Gasteiger charge is -1.99. The van der Waals surface area contributed by atoms with Crippen LogP contribution in [0.2, 0.25) is 0 Å². The maximum Gasteiger partial charge on any atom is 0.162 e. The number of ketones is 1. The molecule has 3 nitrogen and oxygen atoms in total. The summed E-state index contributed by atoms with van der Waals surface area (Å²) in [7, 11) is 1.51. The van der Waals surface area contributed by atoms with Crippen molar-refractivity contribution in [3.05, 3.63) is 28.5 Å². The van der Waals surface area contributed by atoms with Crippen molar-refractivity contribution in [2.45, 2.75) is 6.42 Å². The van der Waals surface area contributed by atoms with E-state index in [1.807, 2.05) is 6.07 Å². The van der Waals surface area contributed by atoms with E-state index in [0.29, 0.717) is 6.42 Å². The summed E-state index contributed by atoms with van der Waals surface area (Å²) in [5, 5.41) is 0. The smallest absolute Gasteiger partial charge is 0.162 e. The van der Waals surface area contributed by atoms with E-state index < -0.39 is 0 Å². The van der Waals surface area contributed by atoms with Crippen LogP contribution in [-0.2, 0) is 16.0 Å². The molecule has 1 heterocycles. The molecule has 0 atom stereocenters. The van der Waals surface area contributed by atoms with Crippen LogP contribution in [0.1, 0.15) is 5.56 Å². The first-order valence-electron chi connectivity index (χ1n) is 3.82. The second-order valence-corrected chi connectivity index (χ2v) is 3.58. The van der Waals surface area contributed by atoms with Crippen molar-refractivity contribution in [2.75, 3.05) is 13.7 Å². The van der Waals surface area contributed by atoms with Gasteiger partial charge in [0, 0.05) is 30.4 Å². The highest BCUT2D eigenvalue weighted by Gasteiger charge is 2.03. The van der Waals surface area contributed by atoms with E-state index in [1.165, 1.54) is 7.11 Å². The summed E-state index contributed by atoms with van der Waals surface area (Å²) in [5.74, 6) is 0.0578. The minimum atomic E-state index is 0.0578. The predicted octanol–water partition coefficient (Wildman–Crippen LogP) is 1.60. The van der Waals surface area contributed by atoms with Crippen LogP contribution < -0.4 is 0 Å². The largest absolute Gasteiger partial charge is 0.377 e. The van der Waals surface area contributed by atoms with Crippen LogP contribution in [0.5, 0.6) is 0 Å². The summed E-state index contributed by atoms with van der Waals surface area (Å²) in [6.45, 7) is 0.159. The first-order valence-corrected chi connectivity index (χ1v) is 4.61. The normalized spacial score (nSPS) is 10.0. The molecule has 1 aromatic heterocycles. The van der Waals surface area contributed by atoms with Crippen molar-refractivity contribution in [3.63, 3.8) is 0 Å². The number of carbonyl (C=O) groups is 1. The van der Waals surface area contributed by atoms with Crippen LogP contribution >= 0.6 is 15.9 Å². The van der Waals surface area contributed by atoms with Gasteiger partial charge in [-0.3, -0.25) is 9.78 Å². The summed E-state index contributed by atoms with van der Waals surface area (Å²) in [5.41, 5.74) is 0.899. The van der Waals surface area contributed by atoms with Crippen LogP contribution in [0, 0.1) is 0 Å². The average molecular weight is 244 g/mol. The number of nitrogens with zero attached hydrogens (tertiary/aromatic N) is 1. The number of hydrogen-bond donors (Lipinski definition) is 0. The average Bonchev–Trinajstić information content (AvgIpc) is 2.04. The van der Waals surface area contributed by atoms with E-state index in [0.717, 1.165) is 10.0 Å². The van der Waals surface area contributed by atoms with Gasteiger partial charge in [0.1, 0.15) is 6.61 Å². The van der Waals surface area contributed by atoms with Gasteiger partial charge in [-0.2, -0.15) is 0 Å². The third kappa shape index (κ3) is 3.65. The Kier molecular flexibility index (Phi) is 4.05. The monoisotopic (exact) mass is 243 g/mol. The molecule has 4 heteroatoms. The number of ether oxygens (including phenoxy) is 1. The number of hydrogen-bond acceptors (Lipinski definition) is 3. The minimum Gasteiger partial charge on any atom is -0.377 e. The molecule has 0 radical (unpaired) electrons. The molecule has 0 aromatic carbocycles. The zero-order chi connectivity index (χ0) is 9.68. The van der Waals surface area contributed by atoms with Gasteiger partial charge in [-0.05, 0) is 27.6 Å². The Hall–Kier alpha value is -0.740. The van der Waals surface area contributed by atoms with Crippen molar-refractivity contribution < 1.29 is 9.53 Å². The molecule has 0 unspecified atom stereocenters. The summed E-state index contributed by atoms with van der Waals surface area (Å²) in [4.78, 5) is 15.1. The van der Waals surface area contributed by atoms with E-state index in [-0.39, 0.29) is 12.4 Å². The molecule has 0 bridgehead atoms. The first-order chi connectivity index (χ1) is 6.22. The number of aromatic nitrogens is 1.